The van der Waals surface area contributed by atoms with Crippen molar-refractivity contribution in [3.8, 4) is 21.9 Å². The summed E-state index contributed by atoms with van der Waals surface area (Å²) in [5, 5.41) is 14.9. The number of hydrogen-bond donors (Lipinski definition) is 2. The molecule has 3 heterocycles. The van der Waals surface area contributed by atoms with E-state index in [2.05, 4.69) is 20.5 Å². The summed E-state index contributed by atoms with van der Waals surface area (Å²) >= 11 is 1.38. The van der Waals surface area contributed by atoms with Gasteiger partial charge >= 0.3 is 0 Å². The van der Waals surface area contributed by atoms with Crippen molar-refractivity contribution in [2.75, 3.05) is 12.0 Å². The SMILES string of the molecule is CCOc1ccccc1-c1sc2c(NN=Cc3ccoc3)ncnc2c1O. The molecule has 4 aromatic rings. The summed E-state index contributed by atoms with van der Waals surface area (Å²) in [6.07, 6.45) is 6.17. The summed E-state index contributed by atoms with van der Waals surface area (Å²) in [7, 11) is 0. The molecular weight excluding hydrogens is 364 g/mol. The van der Waals surface area contributed by atoms with Crippen LogP contribution in [0.15, 0.2) is 58.7 Å². The van der Waals surface area contributed by atoms with Gasteiger partial charge in [-0.25, -0.2) is 9.97 Å². The summed E-state index contributed by atoms with van der Waals surface area (Å²) in [6.45, 7) is 2.46. The van der Waals surface area contributed by atoms with Crippen molar-refractivity contribution in [1.82, 2.24) is 9.97 Å². The molecule has 136 valence electrons. The van der Waals surface area contributed by atoms with Crippen LogP contribution in [-0.4, -0.2) is 27.9 Å². The summed E-state index contributed by atoms with van der Waals surface area (Å²) < 4.78 is 11.4. The molecule has 0 atom stereocenters. The average molecular weight is 380 g/mol. The second-order valence-electron chi connectivity index (χ2n) is 5.54. The van der Waals surface area contributed by atoms with Crippen molar-refractivity contribution in [3.63, 3.8) is 0 Å². The third-order valence-electron chi connectivity index (χ3n) is 3.81. The van der Waals surface area contributed by atoms with Crippen LogP contribution >= 0.6 is 11.3 Å². The number of rotatable bonds is 6. The summed E-state index contributed by atoms with van der Waals surface area (Å²) in [4.78, 5) is 9.14. The minimum absolute atomic E-state index is 0.103. The van der Waals surface area contributed by atoms with Gasteiger partial charge in [0.15, 0.2) is 11.6 Å². The van der Waals surface area contributed by atoms with E-state index in [0.29, 0.717) is 33.3 Å². The van der Waals surface area contributed by atoms with Crippen LogP contribution in [0.1, 0.15) is 12.5 Å². The zero-order chi connectivity index (χ0) is 18.6. The normalized spacial score (nSPS) is 11.3. The van der Waals surface area contributed by atoms with Crippen molar-refractivity contribution >= 4 is 33.6 Å². The van der Waals surface area contributed by atoms with Gasteiger partial charge in [0.05, 0.1) is 30.2 Å². The molecule has 0 amide bonds. The third kappa shape index (κ3) is 3.34. The van der Waals surface area contributed by atoms with Crippen LogP contribution in [0.4, 0.5) is 5.82 Å². The Hall–Kier alpha value is -3.39. The van der Waals surface area contributed by atoms with Crippen LogP contribution in [-0.2, 0) is 0 Å². The molecule has 0 unspecified atom stereocenters. The van der Waals surface area contributed by atoms with Crippen molar-refractivity contribution in [2.45, 2.75) is 6.92 Å². The molecule has 3 aromatic heterocycles. The standard InChI is InChI=1S/C19H16N4O3S/c1-2-26-14-6-4-3-5-13(14)17-16(24)15-18(27-17)19(21-11-20-15)23-22-9-12-7-8-25-10-12/h3-11,24H,2H2,1H3,(H,20,21,23). The smallest absolute Gasteiger partial charge is 0.167 e. The molecule has 0 aliphatic rings. The number of anilines is 1. The van der Waals surface area contributed by atoms with Crippen molar-refractivity contribution in [3.05, 3.63) is 54.7 Å². The lowest BCUT2D eigenvalue weighted by atomic mass is 10.1. The summed E-state index contributed by atoms with van der Waals surface area (Å²) in [5.41, 5.74) is 5.01. The molecule has 0 bridgehead atoms. The van der Waals surface area contributed by atoms with Gasteiger partial charge in [0.1, 0.15) is 22.3 Å². The molecule has 27 heavy (non-hydrogen) atoms. The molecule has 1 aromatic carbocycles. The van der Waals surface area contributed by atoms with E-state index in [4.69, 9.17) is 9.15 Å². The summed E-state index contributed by atoms with van der Waals surface area (Å²) in [5.74, 6) is 1.33. The van der Waals surface area contributed by atoms with Crippen LogP contribution in [0.3, 0.4) is 0 Å². The van der Waals surface area contributed by atoms with Crippen LogP contribution in [0.5, 0.6) is 11.5 Å². The molecule has 8 heteroatoms. The zero-order valence-electron chi connectivity index (χ0n) is 14.4. The van der Waals surface area contributed by atoms with E-state index in [-0.39, 0.29) is 5.75 Å². The molecule has 7 nitrogen and oxygen atoms in total. The number of hydrogen-bond acceptors (Lipinski definition) is 8. The lowest BCUT2D eigenvalue weighted by Gasteiger charge is -2.08. The van der Waals surface area contributed by atoms with E-state index in [1.807, 2.05) is 31.2 Å². The van der Waals surface area contributed by atoms with Crippen LogP contribution in [0.2, 0.25) is 0 Å². The third-order valence-corrected chi connectivity index (χ3v) is 5.01. The quantitative estimate of drug-likeness (QED) is 0.378. The first kappa shape index (κ1) is 17.0. The number of fused-ring (bicyclic) bond motifs is 1. The number of aromatic hydroxyl groups is 1. The molecule has 0 saturated heterocycles. The minimum Gasteiger partial charge on any atom is -0.504 e. The highest BCUT2D eigenvalue weighted by molar-refractivity contribution is 7.23. The van der Waals surface area contributed by atoms with Crippen molar-refractivity contribution in [2.24, 2.45) is 5.10 Å². The number of aromatic nitrogens is 2. The predicted octanol–water partition coefficient (Wildman–Crippen LogP) is 4.50. The van der Waals surface area contributed by atoms with E-state index in [1.54, 1.807) is 24.8 Å². The second kappa shape index (κ2) is 7.46. The Morgan fingerprint density at radius 3 is 3.00 bits per heavy atom. The first-order valence-corrected chi connectivity index (χ1v) is 9.09. The Labute approximate surface area is 159 Å². The van der Waals surface area contributed by atoms with Crippen molar-refractivity contribution in [1.29, 1.82) is 0 Å². The molecule has 0 saturated carbocycles. The predicted molar refractivity (Wildman–Crippen MR) is 106 cm³/mol. The Balaban J connectivity index is 1.74. The number of hydrazone groups is 1. The van der Waals surface area contributed by atoms with Gasteiger partial charge in [-0.05, 0) is 25.1 Å². The highest BCUT2D eigenvalue weighted by Crippen LogP contribution is 2.47. The zero-order valence-corrected chi connectivity index (χ0v) is 15.2. The molecule has 0 radical (unpaired) electrons. The number of ether oxygens (including phenoxy) is 1. The van der Waals surface area contributed by atoms with Gasteiger partial charge < -0.3 is 14.3 Å². The number of thiophene rings is 1. The second-order valence-corrected chi connectivity index (χ2v) is 6.56. The van der Waals surface area contributed by atoms with E-state index < -0.39 is 0 Å². The van der Waals surface area contributed by atoms with Crippen LogP contribution < -0.4 is 10.2 Å². The largest absolute Gasteiger partial charge is 0.504 e. The molecular formula is C19H16N4O3S. The molecule has 0 aliphatic heterocycles. The Morgan fingerprint density at radius 1 is 1.30 bits per heavy atom. The molecule has 4 rings (SSSR count). The van der Waals surface area contributed by atoms with Crippen molar-refractivity contribution < 1.29 is 14.3 Å². The maximum Gasteiger partial charge on any atom is 0.167 e. The molecule has 2 N–H and O–H groups in total. The number of benzene rings is 1. The topological polar surface area (TPSA) is 92.8 Å². The Kier molecular flexibility index (Phi) is 4.71. The monoisotopic (exact) mass is 380 g/mol. The van der Waals surface area contributed by atoms with Gasteiger partial charge in [-0.2, -0.15) is 5.10 Å². The number of nitrogens with one attached hydrogen (secondary N) is 1. The Bertz CT molecular complexity index is 1090. The highest BCUT2D eigenvalue weighted by Gasteiger charge is 2.19. The van der Waals surface area contributed by atoms with E-state index >= 15 is 0 Å². The average Bonchev–Trinajstić information content (AvgIpc) is 3.32. The van der Waals surface area contributed by atoms with Gasteiger partial charge in [-0.3, -0.25) is 5.43 Å². The fraction of sp³-hybridized carbons (Fsp3) is 0.105. The fourth-order valence-corrected chi connectivity index (χ4v) is 3.73. The first-order chi connectivity index (χ1) is 13.3. The van der Waals surface area contributed by atoms with Crippen LogP contribution in [0, 0.1) is 0 Å². The number of nitrogens with zero attached hydrogens (tertiary/aromatic N) is 3. The fourth-order valence-electron chi connectivity index (χ4n) is 2.61. The van der Waals surface area contributed by atoms with Gasteiger partial charge in [-0.15, -0.1) is 11.3 Å². The van der Waals surface area contributed by atoms with Gasteiger partial charge in [-0.1, -0.05) is 12.1 Å². The number of para-hydroxylation sites is 1. The van der Waals surface area contributed by atoms with Crippen LogP contribution in [0.25, 0.3) is 20.7 Å². The van der Waals surface area contributed by atoms with Gasteiger partial charge in [0, 0.05) is 11.1 Å². The molecule has 0 spiro atoms. The van der Waals surface area contributed by atoms with E-state index in [0.717, 1.165) is 11.1 Å². The molecule has 0 aliphatic carbocycles. The maximum atomic E-state index is 10.7. The molecule has 0 fully saturated rings. The highest BCUT2D eigenvalue weighted by atomic mass is 32.1. The summed E-state index contributed by atoms with van der Waals surface area (Å²) in [6, 6.07) is 9.38. The number of furan rings is 1. The Morgan fingerprint density at radius 2 is 2.19 bits per heavy atom. The van der Waals surface area contributed by atoms with E-state index in [1.165, 1.54) is 17.7 Å². The lowest BCUT2D eigenvalue weighted by molar-refractivity contribution is 0.341. The lowest BCUT2D eigenvalue weighted by Crippen LogP contribution is -1.93. The van der Waals surface area contributed by atoms with Gasteiger partial charge in [0.2, 0.25) is 0 Å². The first-order valence-electron chi connectivity index (χ1n) is 8.28. The minimum atomic E-state index is 0.103. The maximum absolute atomic E-state index is 10.7. The van der Waals surface area contributed by atoms with E-state index in [9.17, 15) is 5.11 Å². The van der Waals surface area contributed by atoms with Gasteiger partial charge in [0.25, 0.3) is 0 Å².